The normalized spacial score (nSPS) is 13.5. The molecule has 4 N–H and O–H groups in total. The van der Waals surface area contributed by atoms with Crippen LogP contribution in [-0.4, -0.2) is 39.8 Å². The van der Waals surface area contributed by atoms with Gasteiger partial charge in [-0.2, -0.15) is 5.26 Å². The fraction of sp³-hybridized carbons (Fsp3) is 0.226. The number of nitrogens with zero attached hydrogens (tertiary/aromatic N) is 4. The number of nitriles is 1. The van der Waals surface area contributed by atoms with Gasteiger partial charge in [-0.15, -0.1) is 0 Å². The summed E-state index contributed by atoms with van der Waals surface area (Å²) >= 11 is 0. The van der Waals surface area contributed by atoms with Crippen LogP contribution in [0.15, 0.2) is 77.6 Å². The van der Waals surface area contributed by atoms with Crippen molar-refractivity contribution >= 4 is 11.9 Å². The third kappa shape index (κ3) is 5.82. The lowest BCUT2D eigenvalue weighted by Crippen LogP contribution is -2.42. The molecule has 0 bridgehead atoms. The molecule has 5 rings (SSSR count). The van der Waals surface area contributed by atoms with Crippen molar-refractivity contribution in [3.8, 4) is 34.2 Å². The minimum absolute atomic E-state index is 0.108. The van der Waals surface area contributed by atoms with Crippen LogP contribution in [0.2, 0.25) is 0 Å². The first kappa shape index (κ1) is 27.6. The van der Waals surface area contributed by atoms with Crippen molar-refractivity contribution in [2.24, 2.45) is 12.8 Å². The van der Waals surface area contributed by atoms with Gasteiger partial charge in [-0.05, 0) is 48.7 Å². The molecule has 4 aromatic rings. The van der Waals surface area contributed by atoms with Gasteiger partial charge in [-0.1, -0.05) is 42.5 Å². The highest BCUT2D eigenvalue weighted by molar-refractivity contribution is 5.94. The van der Waals surface area contributed by atoms with Crippen molar-refractivity contribution in [3.63, 3.8) is 0 Å². The van der Waals surface area contributed by atoms with Crippen molar-refractivity contribution in [3.05, 3.63) is 99.8 Å². The van der Waals surface area contributed by atoms with Gasteiger partial charge < -0.3 is 15.4 Å². The number of carbonyl (C=O) groups excluding carboxylic acids is 1. The van der Waals surface area contributed by atoms with E-state index >= 15 is 0 Å². The van der Waals surface area contributed by atoms with Crippen LogP contribution in [-0.2, 0) is 13.7 Å². The number of aromatic nitrogens is 2. The molecule has 1 aliphatic heterocycles. The van der Waals surface area contributed by atoms with Crippen LogP contribution in [0.4, 0.5) is 5.95 Å². The first-order valence-corrected chi connectivity index (χ1v) is 13.3. The molecule has 1 aliphatic rings. The van der Waals surface area contributed by atoms with E-state index in [0.29, 0.717) is 58.3 Å². The Bertz CT molecular complexity index is 1650. The number of nitrogens with one attached hydrogen (secondary N) is 1. The lowest BCUT2D eigenvalue weighted by molar-refractivity contribution is 0.0703. The Morgan fingerprint density at radius 1 is 1.07 bits per heavy atom. The van der Waals surface area contributed by atoms with Gasteiger partial charge in [0.1, 0.15) is 12.4 Å². The molecule has 0 saturated carbocycles. The maximum Gasteiger partial charge on any atom is 0.275 e. The largest absolute Gasteiger partial charge is 0.489 e. The molecule has 0 atom stereocenters. The number of rotatable bonds is 7. The smallest absolute Gasteiger partial charge is 0.275 e. The average molecular weight is 551 g/mol. The molecule has 1 amide bonds. The maximum atomic E-state index is 13.9. The molecule has 10 heteroatoms. The van der Waals surface area contributed by atoms with Crippen LogP contribution >= 0.6 is 0 Å². The predicted molar refractivity (Wildman–Crippen MR) is 155 cm³/mol. The second-order valence-corrected chi connectivity index (χ2v) is 9.92. The number of hydroxylamine groups is 1. The van der Waals surface area contributed by atoms with E-state index in [4.69, 9.17) is 20.7 Å². The summed E-state index contributed by atoms with van der Waals surface area (Å²) in [7, 11) is 1.72. The molecular weight excluding hydrogens is 520 g/mol. The number of anilines is 1. The number of benzene rings is 3. The van der Waals surface area contributed by atoms with Crippen LogP contribution in [0, 0.1) is 11.3 Å². The number of ether oxygens (including phenoxy) is 1. The average Bonchev–Trinajstić information content (AvgIpc) is 3.02. The molecule has 1 aromatic heterocycles. The third-order valence-electron chi connectivity index (χ3n) is 7.28. The Kier molecular flexibility index (Phi) is 8.10. The van der Waals surface area contributed by atoms with Gasteiger partial charge in [0.25, 0.3) is 11.5 Å². The zero-order chi connectivity index (χ0) is 28.9. The van der Waals surface area contributed by atoms with E-state index in [1.54, 1.807) is 89.9 Å². The zero-order valence-corrected chi connectivity index (χ0v) is 22.6. The van der Waals surface area contributed by atoms with Crippen molar-refractivity contribution < 1.29 is 14.7 Å². The number of nitrogens with two attached hydrogens (primary N) is 1. The van der Waals surface area contributed by atoms with E-state index in [1.165, 1.54) is 0 Å². The minimum Gasteiger partial charge on any atom is -0.489 e. The maximum absolute atomic E-state index is 13.9. The molecule has 10 nitrogen and oxygen atoms in total. The van der Waals surface area contributed by atoms with E-state index in [9.17, 15) is 14.9 Å². The first-order chi connectivity index (χ1) is 19.9. The molecular formula is C31H30N6O4. The standard InChI is InChI=1S/C31H30N6O4/c1-36-30(39)27(21-10-12-25(13-11-21)41-19-23-4-2-3-5-26(23)29(38)35-40)28(22-8-6-20(18-32)7-9-22)34-31(36)37-16-14-24(33)15-17-37/h2-13,24,40H,14-17,19,33H2,1H3,(H,35,38). The molecule has 1 fully saturated rings. The van der Waals surface area contributed by atoms with Crippen LogP contribution in [0.1, 0.15) is 34.3 Å². The first-order valence-electron chi connectivity index (χ1n) is 13.3. The monoisotopic (exact) mass is 550 g/mol. The Labute approximate surface area is 237 Å². The summed E-state index contributed by atoms with van der Waals surface area (Å²) in [6.07, 6.45) is 1.64. The van der Waals surface area contributed by atoms with E-state index < -0.39 is 5.91 Å². The number of hydrogen-bond acceptors (Lipinski definition) is 8. The fourth-order valence-corrected chi connectivity index (χ4v) is 4.95. The summed E-state index contributed by atoms with van der Waals surface area (Å²) in [5.74, 6) is 0.503. The van der Waals surface area contributed by atoms with Crippen LogP contribution in [0.25, 0.3) is 22.4 Å². The van der Waals surface area contributed by atoms with Gasteiger partial charge in [0, 0.05) is 42.9 Å². The van der Waals surface area contributed by atoms with E-state index in [2.05, 4.69) is 11.0 Å². The van der Waals surface area contributed by atoms with Crippen molar-refractivity contribution in [2.75, 3.05) is 18.0 Å². The lowest BCUT2D eigenvalue weighted by Gasteiger charge is -2.32. The van der Waals surface area contributed by atoms with Gasteiger partial charge in [0.2, 0.25) is 5.95 Å². The molecule has 41 heavy (non-hydrogen) atoms. The van der Waals surface area contributed by atoms with Crippen molar-refractivity contribution in [2.45, 2.75) is 25.5 Å². The number of hydrogen-bond donors (Lipinski definition) is 3. The molecule has 0 unspecified atom stereocenters. The third-order valence-corrected chi connectivity index (χ3v) is 7.28. The van der Waals surface area contributed by atoms with Crippen molar-refractivity contribution in [1.82, 2.24) is 15.0 Å². The van der Waals surface area contributed by atoms with Crippen LogP contribution < -0.4 is 26.4 Å². The van der Waals surface area contributed by atoms with Gasteiger partial charge in [0.05, 0.1) is 22.9 Å². The SMILES string of the molecule is Cn1c(N2CCC(N)CC2)nc(-c2ccc(C#N)cc2)c(-c2ccc(OCc3ccccc3C(=O)NO)cc2)c1=O. The fourth-order valence-electron chi connectivity index (χ4n) is 4.95. The summed E-state index contributed by atoms with van der Waals surface area (Å²) in [4.78, 5) is 32.9. The highest BCUT2D eigenvalue weighted by atomic mass is 16.5. The molecule has 208 valence electrons. The second kappa shape index (κ2) is 12.0. The molecule has 1 saturated heterocycles. The van der Waals surface area contributed by atoms with E-state index in [-0.39, 0.29) is 18.2 Å². The Hall–Kier alpha value is -4.98. The van der Waals surface area contributed by atoms with E-state index in [0.717, 1.165) is 18.4 Å². The molecule has 3 aromatic carbocycles. The zero-order valence-electron chi connectivity index (χ0n) is 22.6. The summed E-state index contributed by atoms with van der Waals surface area (Å²) < 4.78 is 7.49. The number of piperidine rings is 1. The summed E-state index contributed by atoms with van der Waals surface area (Å²) in [6.45, 7) is 1.53. The van der Waals surface area contributed by atoms with Gasteiger partial charge in [-0.25, -0.2) is 10.5 Å². The minimum atomic E-state index is -0.617. The Balaban J connectivity index is 1.50. The lowest BCUT2D eigenvalue weighted by atomic mass is 9.99. The molecule has 0 radical (unpaired) electrons. The van der Waals surface area contributed by atoms with Gasteiger partial charge in [0.15, 0.2) is 0 Å². The molecule has 0 aliphatic carbocycles. The summed E-state index contributed by atoms with van der Waals surface area (Å²) in [6, 6.07) is 23.2. The summed E-state index contributed by atoms with van der Waals surface area (Å²) in [5, 5.41) is 18.3. The van der Waals surface area contributed by atoms with Crippen molar-refractivity contribution in [1.29, 1.82) is 5.26 Å². The predicted octanol–water partition coefficient (Wildman–Crippen LogP) is 3.61. The van der Waals surface area contributed by atoms with Gasteiger partial charge >= 0.3 is 0 Å². The van der Waals surface area contributed by atoms with Crippen LogP contribution in [0.5, 0.6) is 5.75 Å². The Morgan fingerprint density at radius 2 is 1.73 bits per heavy atom. The number of amides is 1. The Morgan fingerprint density at radius 3 is 2.39 bits per heavy atom. The second-order valence-electron chi connectivity index (χ2n) is 9.92. The highest BCUT2D eigenvalue weighted by Crippen LogP contribution is 2.32. The summed E-state index contributed by atoms with van der Waals surface area (Å²) in [5.41, 5.74) is 11.4. The number of carbonyl (C=O) groups is 1. The van der Waals surface area contributed by atoms with E-state index in [1.807, 2.05) is 0 Å². The topological polar surface area (TPSA) is 146 Å². The molecule has 2 heterocycles. The quantitative estimate of drug-likeness (QED) is 0.234. The highest BCUT2D eigenvalue weighted by Gasteiger charge is 2.24. The molecule has 0 spiro atoms. The van der Waals surface area contributed by atoms with Crippen LogP contribution in [0.3, 0.4) is 0 Å². The van der Waals surface area contributed by atoms with Gasteiger partial charge in [-0.3, -0.25) is 19.4 Å².